The first-order chi connectivity index (χ1) is 9.40. The molecule has 1 atom stereocenters. The van der Waals surface area contributed by atoms with E-state index in [0.29, 0.717) is 13.0 Å². The summed E-state index contributed by atoms with van der Waals surface area (Å²) in [6, 6.07) is 0.0128. The minimum Gasteiger partial charge on any atom is -0.375 e. The zero-order chi connectivity index (χ0) is 14.4. The summed E-state index contributed by atoms with van der Waals surface area (Å²) in [6.07, 6.45) is 1.95. The summed E-state index contributed by atoms with van der Waals surface area (Å²) in [4.78, 5) is 11.2. The first-order valence-corrected chi connectivity index (χ1v) is 6.69. The molecule has 0 bridgehead atoms. The molecule has 0 amide bonds. The first kappa shape index (κ1) is 13.6. The molecule has 0 N–H and O–H groups in total. The van der Waals surface area contributed by atoms with Gasteiger partial charge in [-0.15, -0.1) is 0 Å². The Morgan fingerprint density at radius 3 is 2.80 bits per heavy atom. The number of alkyl halides is 3. The van der Waals surface area contributed by atoms with Crippen LogP contribution in [0.25, 0.3) is 0 Å². The van der Waals surface area contributed by atoms with Crippen molar-refractivity contribution in [1.82, 2.24) is 9.78 Å². The largest absolute Gasteiger partial charge is 0.454 e. The van der Waals surface area contributed by atoms with Crippen LogP contribution in [0.3, 0.4) is 0 Å². The Morgan fingerprint density at radius 1 is 1.45 bits per heavy atom. The number of hydrogen-bond donors (Lipinski definition) is 0. The van der Waals surface area contributed by atoms with Gasteiger partial charge in [-0.3, -0.25) is 9.48 Å². The third kappa shape index (κ3) is 2.34. The van der Waals surface area contributed by atoms with Gasteiger partial charge < -0.3 is 4.74 Å². The summed E-state index contributed by atoms with van der Waals surface area (Å²) in [5, 5.41) is 3.94. The molecular formula is C13H15F3N2O2. The van der Waals surface area contributed by atoms with Crippen molar-refractivity contribution in [3.05, 3.63) is 18.0 Å². The minimum absolute atomic E-state index is 0.0128. The number of halogens is 3. The van der Waals surface area contributed by atoms with Crippen molar-refractivity contribution in [3.8, 4) is 0 Å². The lowest BCUT2D eigenvalue weighted by atomic mass is 9.74. The number of carbonyl (C=O) groups is 1. The van der Waals surface area contributed by atoms with Crippen LogP contribution < -0.4 is 0 Å². The van der Waals surface area contributed by atoms with E-state index in [-0.39, 0.29) is 11.6 Å². The van der Waals surface area contributed by atoms with Gasteiger partial charge in [0.2, 0.25) is 0 Å². The number of ketones is 1. The van der Waals surface area contributed by atoms with Gasteiger partial charge in [0.15, 0.2) is 0 Å². The zero-order valence-corrected chi connectivity index (χ0v) is 10.8. The topological polar surface area (TPSA) is 44.1 Å². The number of aromatic nitrogens is 2. The van der Waals surface area contributed by atoms with E-state index in [9.17, 15) is 18.0 Å². The lowest BCUT2D eigenvalue weighted by Gasteiger charge is -2.47. The number of nitrogens with zero attached hydrogens (tertiary/aromatic N) is 2. The summed E-state index contributed by atoms with van der Waals surface area (Å²) < 4.78 is 44.4. The molecular weight excluding hydrogens is 273 g/mol. The molecule has 7 heteroatoms. The molecule has 1 saturated carbocycles. The number of ether oxygens (including phenoxy) is 1. The maximum Gasteiger partial charge on any atom is 0.454 e. The number of rotatable bonds is 2. The van der Waals surface area contributed by atoms with E-state index in [1.807, 2.05) is 0 Å². The molecule has 1 aliphatic heterocycles. The highest BCUT2D eigenvalue weighted by Gasteiger charge is 2.44. The molecule has 2 aliphatic rings. The van der Waals surface area contributed by atoms with Crippen LogP contribution in [0.15, 0.2) is 12.4 Å². The normalized spacial score (nSPS) is 25.4. The van der Waals surface area contributed by atoms with Gasteiger partial charge in [0.25, 0.3) is 5.78 Å². The molecule has 1 unspecified atom stereocenters. The van der Waals surface area contributed by atoms with Crippen molar-refractivity contribution >= 4 is 5.78 Å². The molecule has 2 heterocycles. The van der Waals surface area contributed by atoms with E-state index in [4.69, 9.17) is 4.74 Å². The van der Waals surface area contributed by atoms with Crippen LogP contribution >= 0.6 is 0 Å². The second kappa shape index (κ2) is 4.58. The fourth-order valence-electron chi connectivity index (χ4n) is 2.97. The van der Waals surface area contributed by atoms with E-state index in [1.54, 1.807) is 0 Å². The standard InChI is InChI=1S/C13H15F3N2O2/c14-13(15,16)11(19)9-7-17-18(8-9)10-2-5-20-12(6-10)3-1-4-12/h7-8,10H,1-6H2. The number of carbonyl (C=O) groups excluding carboxylic acids is 1. The zero-order valence-electron chi connectivity index (χ0n) is 10.8. The van der Waals surface area contributed by atoms with Gasteiger partial charge >= 0.3 is 6.18 Å². The Morgan fingerprint density at radius 2 is 2.20 bits per heavy atom. The fraction of sp³-hybridized carbons (Fsp3) is 0.692. The van der Waals surface area contributed by atoms with Crippen LogP contribution in [0.1, 0.15) is 48.5 Å². The maximum absolute atomic E-state index is 12.4. The van der Waals surface area contributed by atoms with E-state index in [1.165, 1.54) is 10.9 Å². The van der Waals surface area contributed by atoms with E-state index < -0.39 is 17.5 Å². The predicted molar refractivity (Wildman–Crippen MR) is 63.4 cm³/mol. The van der Waals surface area contributed by atoms with Crippen LogP contribution in [0, 0.1) is 0 Å². The average molecular weight is 288 g/mol. The minimum atomic E-state index is -4.85. The monoisotopic (exact) mass is 288 g/mol. The van der Waals surface area contributed by atoms with Gasteiger partial charge in [0.1, 0.15) is 0 Å². The SMILES string of the molecule is O=C(c1cnn(C2CCOC3(CCC3)C2)c1)C(F)(F)F. The quantitative estimate of drug-likeness (QED) is 0.786. The van der Waals surface area contributed by atoms with Gasteiger partial charge in [0, 0.05) is 12.8 Å². The summed E-state index contributed by atoms with van der Waals surface area (Å²) in [7, 11) is 0. The van der Waals surface area contributed by atoms with Gasteiger partial charge in [0.05, 0.1) is 23.4 Å². The Bertz CT molecular complexity index is 520. The third-order valence-electron chi connectivity index (χ3n) is 4.23. The molecule has 2 fully saturated rings. The first-order valence-electron chi connectivity index (χ1n) is 6.69. The Balaban J connectivity index is 1.75. The summed E-state index contributed by atoms with van der Waals surface area (Å²) in [5.74, 6) is -1.84. The van der Waals surface area contributed by atoms with Crippen molar-refractivity contribution in [3.63, 3.8) is 0 Å². The highest BCUT2D eigenvalue weighted by atomic mass is 19.4. The lowest BCUT2D eigenvalue weighted by molar-refractivity contribution is -0.141. The maximum atomic E-state index is 12.4. The van der Waals surface area contributed by atoms with Crippen molar-refractivity contribution in [1.29, 1.82) is 0 Å². The highest BCUT2D eigenvalue weighted by molar-refractivity contribution is 5.99. The van der Waals surface area contributed by atoms with Crippen molar-refractivity contribution in [2.75, 3.05) is 6.61 Å². The molecule has 0 radical (unpaired) electrons. The van der Waals surface area contributed by atoms with Crippen LogP contribution in [0.5, 0.6) is 0 Å². The molecule has 3 rings (SSSR count). The predicted octanol–water partition coefficient (Wildman–Crippen LogP) is 2.90. The van der Waals surface area contributed by atoms with Crippen LogP contribution in [0.4, 0.5) is 13.2 Å². The van der Waals surface area contributed by atoms with Crippen molar-refractivity contribution < 1.29 is 22.7 Å². The van der Waals surface area contributed by atoms with Crippen molar-refractivity contribution in [2.24, 2.45) is 0 Å². The molecule has 0 aromatic carbocycles. The smallest absolute Gasteiger partial charge is 0.375 e. The van der Waals surface area contributed by atoms with E-state index in [0.717, 1.165) is 31.9 Å². The molecule has 110 valence electrons. The average Bonchev–Trinajstić information content (AvgIpc) is 2.84. The van der Waals surface area contributed by atoms with Gasteiger partial charge in [-0.25, -0.2) is 0 Å². The Labute approximate surface area is 113 Å². The van der Waals surface area contributed by atoms with Gasteiger partial charge in [-0.2, -0.15) is 18.3 Å². The second-order valence-electron chi connectivity index (χ2n) is 5.57. The molecule has 4 nitrogen and oxygen atoms in total. The molecule has 1 spiro atoms. The van der Waals surface area contributed by atoms with Crippen molar-refractivity contribution in [2.45, 2.75) is 49.9 Å². The third-order valence-corrected chi connectivity index (χ3v) is 4.23. The molecule has 20 heavy (non-hydrogen) atoms. The Hall–Kier alpha value is -1.37. The molecule has 1 saturated heterocycles. The van der Waals surface area contributed by atoms with E-state index in [2.05, 4.69) is 5.10 Å². The summed E-state index contributed by atoms with van der Waals surface area (Å²) in [5.41, 5.74) is -0.505. The lowest BCUT2D eigenvalue weighted by Crippen LogP contribution is -2.46. The summed E-state index contributed by atoms with van der Waals surface area (Å²) in [6.45, 7) is 0.590. The number of Topliss-reactive ketones (excluding diaryl/α,β-unsaturated/α-hetero) is 1. The second-order valence-corrected chi connectivity index (χ2v) is 5.57. The van der Waals surface area contributed by atoms with Crippen LogP contribution in [-0.4, -0.2) is 33.9 Å². The molecule has 1 aliphatic carbocycles. The summed E-state index contributed by atoms with van der Waals surface area (Å²) >= 11 is 0. The molecule has 1 aromatic heterocycles. The van der Waals surface area contributed by atoms with Gasteiger partial charge in [-0.05, 0) is 32.1 Å². The number of hydrogen-bond acceptors (Lipinski definition) is 3. The van der Waals surface area contributed by atoms with Gasteiger partial charge in [-0.1, -0.05) is 0 Å². The van der Waals surface area contributed by atoms with Crippen LogP contribution in [0.2, 0.25) is 0 Å². The van der Waals surface area contributed by atoms with E-state index >= 15 is 0 Å². The highest BCUT2D eigenvalue weighted by Crippen LogP contribution is 2.45. The van der Waals surface area contributed by atoms with Crippen LogP contribution in [-0.2, 0) is 4.74 Å². The molecule has 1 aromatic rings. The fourth-order valence-corrected chi connectivity index (χ4v) is 2.97. The Kier molecular flexibility index (Phi) is 3.12.